The van der Waals surface area contributed by atoms with E-state index in [1.165, 1.54) is 23.7 Å². The van der Waals surface area contributed by atoms with Crippen molar-refractivity contribution in [1.82, 2.24) is 0 Å². The van der Waals surface area contributed by atoms with Gasteiger partial charge in [-0.1, -0.05) is 45.5 Å². The molecule has 0 radical (unpaired) electrons. The van der Waals surface area contributed by atoms with Gasteiger partial charge < -0.3 is 8.85 Å². The van der Waals surface area contributed by atoms with Crippen LogP contribution in [0.2, 0.25) is 37.8 Å². The Morgan fingerprint density at radius 2 is 1.65 bits per heavy atom. The first-order valence-electron chi connectivity index (χ1n) is 8.86. The highest BCUT2D eigenvalue weighted by Gasteiger charge is 2.28. The van der Waals surface area contributed by atoms with Gasteiger partial charge in [0.15, 0.2) is 8.32 Å². The zero-order chi connectivity index (χ0) is 17.5. The Morgan fingerprint density at radius 3 is 2.17 bits per heavy atom. The van der Waals surface area contributed by atoms with Crippen LogP contribution >= 0.6 is 0 Å². The van der Waals surface area contributed by atoms with Crippen molar-refractivity contribution in [2.24, 2.45) is 0 Å². The average Bonchev–Trinajstić information content (AvgIpc) is 2.51. The van der Waals surface area contributed by atoms with Gasteiger partial charge in [0.2, 0.25) is 8.32 Å². The molecule has 0 fully saturated rings. The second kappa shape index (κ2) is 8.85. The maximum Gasteiger partial charge on any atom is 0.242 e. The van der Waals surface area contributed by atoms with Crippen LogP contribution in [-0.4, -0.2) is 23.2 Å². The van der Waals surface area contributed by atoms with Crippen LogP contribution in [0.4, 0.5) is 0 Å². The third-order valence-electron chi connectivity index (χ3n) is 4.41. The second-order valence-electron chi connectivity index (χ2n) is 7.18. The first-order valence-corrected chi connectivity index (χ1v) is 14.8. The molecule has 0 N–H and O–H groups in total. The first kappa shape index (κ1) is 20.2. The average molecular weight is 351 g/mol. The summed E-state index contributed by atoms with van der Waals surface area (Å²) >= 11 is 0. The van der Waals surface area contributed by atoms with Crippen molar-refractivity contribution in [1.29, 1.82) is 0 Å². The Bertz CT molecular complexity index is 494. The Morgan fingerprint density at radius 1 is 1.04 bits per heavy atom. The molecule has 1 rings (SSSR count). The lowest BCUT2D eigenvalue weighted by atomic mass is 10.1. The van der Waals surface area contributed by atoms with Crippen LogP contribution in [0.5, 0.6) is 0 Å². The summed E-state index contributed by atoms with van der Waals surface area (Å²) in [4.78, 5) is 0. The third-order valence-corrected chi connectivity index (χ3v) is 9.95. The lowest BCUT2D eigenvalue weighted by Crippen LogP contribution is -2.36. The molecule has 0 aliphatic rings. The second-order valence-corrected chi connectivity index (χ2v) is 16.4. The zero-order valence-corrected chi connectivity index (χ0v) is 17.9. The van der Waals surface area contributed by atoms with Gasteiger partial charge in [0.05, 0.1) is 0 Å². The van der Waals surface area contributed by atoms with Crippen molar-refractivity contribution in [2.45, 2.75) is 65.0 Å². The summed E-state index contributed by atoms with van der Waals surface area (Å²) < 4.78 is 12.4. The van der Waals surface area contributed by atoms with Gasteiger partial charge in [-0.25, -0.2) is 0 Å². The highest BCUT2D eigenvalue weighted by molar-refractivity contribution is 6.73. The fourth-order valence-electron chi connectivity index (χ4n) is 2.77. The van der Waals surface area contributed by atoms with Crippen LogP contribution in [0.15, 0.2) is 30.8 Å². The van der Waals surface area contributed by atoms with Crippen molar-refractivity contribution < 1.29 is 8.85 Å². The summed E-state index contributed by atoms with van der Waals surface area (Å²) in [7, 11) is -3.08. The normalized spacial score (nSPS) is 12.3. The van der Waals surface area contributed by atoms with E-state index in [1.54, 1.807) is 0 Å². The molecule has 0 heterocycles. The van der Waals surface area contributed by atoms with Gasteiger partial charge >= 0.3 is 0 Å². The minimum atomic E-state index is -1.60. The lowest BCUT2D eigenvalue weighted by molar-refractivity contribution is 0.303. The summed E-state index contributed by atoms with van der Waals surface area (Å²) in [6, 6.07) is 12.2. The molecule has 0 aliphatic heterocycles. The van der Waals surface area contributed by atoms with E-state index >= 15 is 0 Å². The summed E-state index contributed by atoms with van der Waals surface area (Å²) in [5.74, 6) is 0.798. The molecule has 2 nitrogen and oxygen atoms in total. The van der Waals surface area contributed by atoms with E-state index in [9.17, 15) is 0 Å². The molecule has 0 aliphatic carbocycles. The van der Waals surface area contributed by atoms with Crippen molar-refractivity contribution in [3.8, 4) is 0 Å². The minimum absolute atomic E-state index is 0.798. The number of benzene rings is 1. The Kier molecular flexibility index (Phi) is 7.77. The SMILES string of the molecule is C=C(O[Si](C)(C)C)c1cccc(CCO[Si](CC)(CC)CC)c1. The molecule has 0 saturated heterocycles. The van der Waals surface area contributed by atoms with E-state index in [-0.39, 0.29) is 0 Å². The quantitative estimate of drug-likeness (QED) is 0.376. The number of hydrogen-bond donors (Lipinski definition) is 0. The van der Waals surface area contributed by atoms with E-state index in [1.807, 2.05) is 0 Å². The van der Waals surface area contributed by atoms with Crippen molar-refractivity contribution >= 4 is 22.4 Å². The first-order chi connectivity index (χ1) is 10.7. The number of rotatable bonds is 10. The predicted octanol–water partition coefficient (Wildman–Crippen LogP) is 6.07. The minimum Gasteiger partial charge on any atom is -0.544 e. The van der Waals surface area contributed by atoms with Crippen molar-refractivity contribution in [2.75, 3.05) is 6.61 Å². The van der Waals surface area contributed by atoms with Crippen molar-refractivity contribution in [3.05, 3.63) is 42.0 Å². The molecule has 0 saturated carbocycles. The third kappa shape index (κ3) is 6.65. The van der Waals surface area contributed by atoms with E-state index in [0.29, 0.717) is 0 Å². The number of hydrogen-bond acceptors (Lipinski definition) is 2. The van der Waals surface area contributed by atoms with E-state index in [0.717, 1.165) is 24.4 Å². The fraction of sp³-hybridized carbons (Fsp3) is 0.579. The predicted molar refractivity (Wildman–Crippen MR) is 107 cm³/mol. The van der Waals surface area contributed by atoms with Crippen LogP contribution in [0.1, 0.15) is 31.9 Å². The van der Waals surface area contributed by atoms with Gasteiger partial charge in [0.1, 0.15) is 5.76 Å². The summed E-state index contributed by atoms with van der Waals surface area (Å²) in [6.07, 6.45) is 0.961. The van der Waals surface area contributed by atoms with Gasteiger partial charge in [-0.15, -0.1) is 0 Å². The van der Waals surface area contributed by atoms with Crippen LogP contribution in [0.25, 0.3) is 5.76 Å². The molecule has 23 heavy (non-hydrogen) atoms. The summed E-state index contributed by atoms with van der Waals surface area (Å²) in [5.41, 5.74) is 2.39. The summed E-state index contributed by atoms with van der Waals surface area (Å²) in [5, 5.41) is 0. The van der Waals surface area contributed by atoms with Crippen LogP contribution < -0.4 is 0 Å². The molecule has 130 valence electrons. The molecular formula is C19H34O2Si2. The Balaban J connectivity index is 2.66. The molecule has 1 aromatic rings. The van der Waals surface area contributed by atoms with Crippen LogP contribution in [0.3, 0.4) is 0 Å². The largest absolute Gasteiger partial charge is 0.544 e. The summed E-state index contributed by atoms with van der Waals surface area (Å²) in [6.45, 7) is 18.3. The molecule has 0 aromatic heterocycles. The highest BCUT2D eigenvalue weighted by atomic mass is 28.4. The van der Waals surface area contributed by atoms with Gasteiger partial charge in [0, 0.05) is 12.2 Å². The standard InChI is InChI=1S/C19H34O2Si2/c1-8-23(9-2,10-3)20-15-14-18-12-11-13-19(16-18)17(4)21-22(5,6)7/h11-13,16H,4,8-10,14-15H2,1-3,5-7H3. The van der Waals surface area contributed by atoms with Gasteiger partial charge in [0.25, 0.3) is 0 Å². The van der Waals surface area contributed by atoms with Crippen LogP contribution in [-0.2, 0) is 15.3 Å². The smallest absolute Gasteiger partial charge is 0.242 e. The molecule has 0 amide bonds. The van der Waals surface area contributed by atoms with Crippen LogP contribution in [0, 0.1) is 0 Å². The van der Waals surface area contributed by atoms with Crippen molar-refractivity contribution in [3.63, 3.8) is 0 Å². The molecule has 0 spiro atoms. The molecule has 0 atom stereocenters. The molecule has 4 heteroatoms. The molecule has 0 unspecified atom stereocenters. The zero-order valence-electron chi connectivity index (χ0n) is 15.9. The van der Waals surface area contributed by atoms with E-state index < -0.39 is 16.6 Å². The molecule has 1 aromatic carbocycles. The van der Waals surface area contributed by atoms with Gasteiger partial charge in [-0.05, 0) is 55.8 Å². The highest BCUT2D eigenvalue weighted by Crippen LogP contribution is 2.23. The Labute approximate surface area is 145 Å². The van der Waals surface area contributed by atoms with Gasteiger partial charge in [-0.2, -0.15) is 0 Å². The van der Waals surface area contributed by atoms with E-state index in [4.69, 9.17) is 8.85 Å². The maximum atomic E-state index is 6.35. The lowest BCUT2D eigenvalue weighted by Gasteiger charge is -2.28. The fourth-order valence-corrected chi connectivity index (χ4v) is 6.27. The molecular weight excluding hydrogens is 316 g/mol. The topological polar surface area (TPSA) is 18.5 Å². The maximum absolute atomic E-state index is 6.35. The monoisotopic (exact) mass is 350 g/mol. The van der Waals surface area contributed by atoms with E-state index in [2.05, 4.69) is 71.3 Å². The molecule has 0 bridgehead atoms. The Hall–Kier alpha value is -0.846. The van der Waals surface area contributed by atoms with Gasteiger partial charge in [-0.3, -0.25) is 0 Å².